The molecule has 2 unspecified atom stereocenters. The van der Waals surface area contributed by atoms with Crippen LogP contribution in [0.3, 0.4) is 0 Å². The Hall–Kier alpha value is -0.120. The van der Waals surface area contributed by atoms with E-state index in [-0.39, 0.29) is 0 Å². The smallest absolute Gasteiger partial charge is 0.0769 e. The van der Waals surface area contributed by atoms with Crippen molar-refractivity contribution in [2.24, 2.45) is 17.7 Å². The van der Waals surface area contributed by atoms with Gasteiger partial charge in [-0.25, -0.2) is 0 Å². The molecule has 1 rings (SSSR count). The van der Waals surface area contributed by atoms with Gasteiger partial charge >= 0.3 is 0 Å². The van der Waals surface area contributed by atoms with Crippen LogP contribution in [0.4, 0.5) is 0 Å². The average molecular weight is 228 g/mol. The first kappa shape index (κ1) is 13.9. The highest BCUT2D eigenvalue weighted by Gasteiger charge is 2.37. The number of nitrogens with two attached hydrogens (primary N) is 1. The Kier molecular flexibility index (Phi) is 6.32. The molecule has 16 heavy (non-hydrogen) atoms. The predicted octanol–water partition coefficient (Wildman–Crippen LogP) is 2.46. The van der Waals surface area contributed by atoms with Crippen molar-refractivity contribution in [2.75, 3.05) is 6.61 Å². The molecular weight excluding hydrogens is 200 g/mol. The summed E-state index contributed by atoms with van der Waals surface area (Å²) >= 11 is 0. The summed E-state index contributed by atoms with van der Waals surface area (Å²) < 4.78 is 5.87. The summed E-state index contributed by atoms with van der Waals surface area (Å²) in [6, 6.07) is 0.331. The summed E-state index contributed by atoms with van der Waals surface area (Å²) in [5, 5.41) is 0. The van der Waals surface area contributed by atoms with E-state index in [0.29, 0.717) is 12.1 Å². The highest BCUT2D eigenvalue weighted by atomic mass is 16.5. The Morgan fingerprint density at radius 3 is 2.25 bits per heavy atom. The average Bonchev–Trinajstić information content (AvgIpc) is 3.13. The Morgan fingerprint density at radius 1 is 1.25 bits per heavy atom. The van der Waals surface area contributed by atoms with Crippen LogP contribution in [0.2, 0.25) is 0 Å². The van der Waals surface area contributed by atoms with Crippen LogP contribution < -0.4 is 11.3 Å². The number of rotatable bonds is 9. The zero-order valence-electron chi connectivity index (χ0n) is 11.0. The highest BCUT2D eigenvalue weighted by molar-refractivity contribution is 4.90. The maximum Gasteiger partial charge on any atom is 0.0769 e. The van der Waals surface area contributed by atoms with Gasteiger partial charge in [-0.1, -0.05) is 26.7 Å². The van der Waals surface area contributed by atoms with Gasteiger partial charge < -0.3 is 4.74 Å². The van der Waals surface area contributed by atoms with Gasteiger partial charge in [0.25, 0.3) is 0 Å². The van der Waals surface area contributed by atoms with Gasteiger partial charge in [0.15, 0.2) is 0 Å². The van der Waals surface area contributed by atoms with Crippen LogP contribution in [-0.4, -0.2) is 18.8 Å². The molecule has 1 aliphatic carbocycles. The SMILES string of the molecule is CCOC(C1CC1)C(CC(CC)CC)NN. The van der Waals surface area contributed by atoms with E-state index >= 15 is 0 Å². The molecular formula is C13H28N2O. The van der Waals surface area contributed by atoms with E-state index in [9.17, 15) is 0 Å². The summed E-state index contributed by atoms with van der Waals surface area (Å²) in [6.45, 7) is 7.38. The van der Waals surface area contributed by atoms with E-state index in [1.807, 2.05) is 0 Å². The molecule has 0 spiro atoms. The van der Waals surface area contributed by atoms with Gasteiger partial charge in [-0.15, -0.1) is 0 Å². The van der Waals surface area contributed by atoms with Gasteiger partial charge in [0.1, 0.15) is 0 Å². The minimum Gasteiger partial charge on any atom is -0.377 e. The van der Waals surface area contributed by atoms with E-state index in [2.05, 4.69) is 26.2 Å². The number of ether oxygens (including phenoxy) is 1. The molecule has 0 aromatic carbocycles. The minimum absolute atomic E-state index is 0.329. The number of hydrogen-bond acceptors (Lipinski definition) is 3. The van der Waals surface area contributed by atoms with Crippen LogP contribution in [0, 0.1) is 11.8 Å². The molecule has 1 saturated carbocycles. The summed E-state index contributed by atoms with van der Waals surface area (Å²) in [4.78, 5) is 0. The van der Waals surface area contributed by atoms with Gasteiger partial charge in [-0.05, 0) is 38.0 Å². The molecule has 0 saturated heterocycles. The van der Waals surface area contributed by atoms with Crippen molar-refractivity contribution < 1.29 is 4.74 Å². The first-order chi connectivity index (χ1) is 7.76. The van der Waals surface area contributed by atoms with Crippen LogP contribution in [0.25, 0.3) is 0 Å². The van der Waals surface area contributed by atoms with Crippen molar-refractivity contribution in [1.82, 2.24) is 5.43 Å². The van der Waals surface area contributed by atoms with Crippen LogP contribution >= 0.6 is 0 Å². The summed E-state index contributed by atoms with van der Waals surface area (Å²) in [5.41, 5.74) is 2.98. The number of hydrazine groups is 1. The van der Waals surface area contributed by atoms with E-state index in [4.69, 9.17) is 10.6 Å². The van der Waals surface area contributed by atoms with Crippen molar-refractivity contribution in [3.63, 3.8) is 0 Å². The van der Waals surface area contributed by atoms with Crippen LogP contribution in [0.5, 0.6) is 0 Å². The van der Waals surface area contributed by atoms with Gasteiger partial charge in [-0.2, -0.15) is 0 Å². The third-order valence-electron chi connectivity index (χ3n) is 3.80. The third kappa shape index (κ3) is 4.04. The van der Waals surface area contributed by atoms with E-state index in [1.165, 1.54) is 25.7 Å². The van der Waals surface area contributed by atoms with Gasteiger partial charge in [0.2, 0.25) is 0 Å². The molecule has 2 atom stereocenters. The van der Waals surface area contributed by atoms with Gasteiger partial charge in [0.05, 0.1) is 6.10 Å². The third-order valence-corrected chi connectivity index (χ3v) is 3.80. The largest absolute Gasteiger partial charge is 0.377 e. The second-order valence-electron chi connectivity index (χ2n) is 4.95. The molecule has 0 aromatic rings. The van der Waals surface area contributed by atoms with Crippen molar-refractivity contribution in [3.8, 4) is 0 Å². The second kappa shape index (κ2) is 7.25. The molecule has 0 amide bonds. The molecule has 0 radical (unpaired) electrons. The summed E-state index contributed by atoms with van der Waals surface area (Å²) in [7, 11) is 0. The first-order valence-corrected chi connectivity index (χ1v) is 6.84. The van der Waals surface area contributed by atoms with Crippen LogP contribution in [0.15, 0.2) is 0 Å². The van der Waals surface area contributed by atoms with E-state index < -0.39 is 0 Å². The predicted molar refractivity (Wildman–Crippen MR) is 67.9 cm³/mol. The van der Waals surface area contributed by atoms with Gasteiger partial charge in [0, 0.05) is 12.6 Å². The van der Waals surface area contributed by atoms with E-state index in [1.54, 1.807) is 0 Å². The molecule has 0 aromatic heterocycles. The zero-order chi connectivity index (χ0) is 12.0. The van der Waals surface area contributed by atoms with Crippen molar-refractivity contribution in [2.45, 2.75) is 65.0 Å². The number of hydrogen-bond donors (Lipinski definition) is 2. The maximum absolute atomic E-state index is 5.87. The Bertz CT molecular complexity index is 179. The topological polar surface area (TPSA) is 47.3 Å². The van der Waals surface area contributed by atoms with Gasteiger partial charge in [-0.3, -0.25) is 11.3 Å². The monoisotopic (exact) mass is 228 g/mol. The molecule has 3 N–H and O–H groups in total. The van der Waals surface area contributed by atoms with Crippen LogP contribution in [-0.2, 0) is 4.74 Å². The Morgan fingerprint density at radius 2 is 1.88 bits per heavy atom. The molecule has 1 fully saturated rings. The molecule has 0 heterocycles. The van der Waals surface area contributed by atoms with Crippen LogP contribution in [0.1, 0.15) is 52.9 Å². The zero-order valence-corrected chi connectivity index (χ0v) is 11.0. The Labute approximate surface area is 100 Å². The lowest BCUT2D eigenvalue weighted by Crippen LogP contribution is -2.47. The fraction of sp³-hybridized carbons (Fsp3) is 1.00. The van der Waals surface area contributed by atoms with Crippen molar-refractivity contribution in [1.29, 1.82) is 0 Å². The molecule has 0 bridgehead atoms. The fourth-order valence-electron chi connectivity index (χ4n) is 2.48. The lowest BCUT2D eigenvalue weighted by molar-refractivity contribution is 0.0124. The lowest BCUT2D eigenvalue weighted by Gasteiger charge is -2.29. The standard InChI is InChI=1S/C13H28N2O/c1-4-10(5-2)9-12(15-14)13(16-6-3)11-7-8-11/h10-13,15H,4-9,14H2,1-3H3. The van der Waals surface area contributed by atoms with Crippen molar-refractivity contribution >= 4 is 0 Å². The van der Waals surface area contributed by atoms with E-state index in [0.717, 1.165) is 24.9 Å². The maximum atomic E-state index is 5.87. The lowest BCUT2D eigenvalue weighted by atomic mass is 9.91. The molecule has 3 nitrogen and oxygen atoms in total. The second-order valence-corrected chi connectivity index (χ2v) is 4.95. The normalized spacial score (nSPS) is 20.1. The highest BCUT2D eigenvalue weighted by Crippen LogP contribution is 2.37. The molecule has 1 aliphatic rings. The van der Waals surface area contributed by atoms with Crippen molar-refractivity contribution in [3.05, 3.63) is 0 Å². The molecule has 0 aliphatic heterocycles. The summed E-state index contributed by atoms with van der Waals surface area (Å²) in [6.07, 6.45) is 6.56. The first-order valence-electron chi connectivity index (χ1n) is 6.84. The quantitative estimate of drug-likeness (QED) is 0.471. The molecule has 3 heteroatoms. The summed E-state index contributed by atoms with van der Waals surface area (Å²) in [5.74, 6) is 7.21. The minimum atomic E-state index is 0.329. The Balaban J connectivity index is 2.48. The fourth-order valence-corrected chi connectivity index (χ4v) is 2.48. The number of nitrogens with one attached hydrogen (secondary N) is 1. The molecule has 96 valence electrons.